The Labute approximate surface area is 112 Å². The molecular weight excluding hydrogens is 306 g/mol. The van der Waals surface area contributed by atoms with Gasteiger partial charge in [-0.25, -0.2) is 0 Å². The van der Waals surface area contributed by atoms with Gasteiger partial charge in [-0.1, -0.05) is 13.8 Å². The Morgan fingerprint density at radius 3 is 2.53 bits per heavy atom. The molecule has 1 heterocycles. The van der Waals surface area contributed by atoms with Crippen molar-refractivity contribution in [3.8, 4) is 0 Å². The van der Waals surface area contributed by atoms with E-state index in [1.54, 1.807) is 18.3 Å². The molecule has 6 heteroatoms. The predicted octanol–water partition coefficient (Wildman–Crippen LogP) is 2.48. The number of hydrogen-bond acceptors (Lipinski definition) is 3. The van der Waals surface area contributed by atoms with Crippen molar-refractivity contribution in [3.05, 3.63) is 20.8 Å². The van der Waals surface area contributed by atoms with Crippen LogP contribution in [-0.2, 0) is 16.1 Å². The van der Waals surface area contributed by atoms with Gasteiger partial charge in [0.05, 0.1) is 16.2 Å². The minimum Gasteiger partial charge on any atom is -0.481 e. The van der Waals surface area contributed by atoms with E-state index < -0.39 is 17.8 Å². The molecule has 0 aliphatic carbocycles. The zero-order valence-corrected chi connectivity index (χ0v) is 12.0. The van der Waals surface area contributed by atoms with E-state index >= 15 is 0 Å². The molecule has 2 atom stereocenters. The highest BCUT2D eigenvalue weighted by molar-refractivity contribution is 9.11. The average Bonchev–Trinajstić information content (AvgIpc) is 2.69. The Morgan fingerprint density at radius 2 is 2.06 bits per heavy atom. The summed E-state index contributed by atoms with van der Waals surface area (Å²) in [5.74, 6) is -2.39. The molecule has 0 aliphatic heterocycles. The molecule has 1 aromatic rings. The summed E-state index contributed by atoms with van der Waals surface area (Å²) in [6.45, 7) is 3.60. The minimum absolute atomic E-state index is 0.232. The van der Waals surface area contributed by atoms with Crippen molar-refractivity contribution in [3.63, 3.8) is 0 Å². The molecular formula is C11H14BrNO3S. The first kappa shape index (κ1) is 14.2. The second-order valence-electron chi connectivity index (χ2n) is 3.84. The molecule has 2 N–H and O–H groups in total. The predicted molar refractivity (Wildman–Crippen MR) is 69.8 cm³/mol. The summed E-state index contributed by atoms with van der Waals surface area (Å²) in [5.41, 5.74) is 0. The first-order valence-corrected chi connectivity index (χ1v) is 6.77. The lowest BCUT2D eigenvalue weighted by Gasteiger charge is -2.15. The molecule has 17 heavy (non-hydrogen) atoms. The van der Waals surface area contributed by atoms with E-state index in [0.717, 1.165) is 8.66 Å². The van der Waals surface area contributed by atoms with Gasteiger partial charge in [-0.2, -0.15) is 0 Å². The number of carboxylic acid groups (broad SMARTS) is 1. The van der Waals surface area contributed by atoms with Gasteiger partial charge in [0.25, 0.3) is 0 Å². The van der Waals surface area contributed by atoms with Crippen LogP contribution in [0.2, 0.25) is 0 Å². The third kappa shape index (κ3) is 4.12. The van der Waals surface area contributed by atoms with E-state index in [0.29, 0.717) is 6.54 Å². The van der Waals surface area contributed by atoms with Gasteiger partial charge < -0.3 is 10.4 Å². The molecule has 1 aromatic heterocycles. The number of amides is 1. The lowest BCUT2D eigenvalue weighted by atomic mass is 9.95. The highest BCUT2D eigenvalue weighted by Gasteiger charge is 2.25. The highest BCUT2D eigenvalue weighted by Crippen LogP contribution is 2.22. The third-order valence-corrected chi connectivity index (χ3v) is 4.24. The summed E-state index contributed by atoms with van der Waals surface area (Å²) < 4.78 is 1.01. The van der Waals surface area contributed by atoms with E-state index in [-0.39, 0.29) is 5.91 Å². The number of nitrogens with one attached hydrogen (secondary N) is 1. The Bertz CT molecular complexity index is 419. The van der Waals surface area contributed by atoms with Crippen LogP contribution < -0.4 is 5.32 Å². The van der Waals surface area contributed by atoms with Crippen LogP contribution in [0.25, 0.3) is 0 Å². The van der Waals surface area contributed by atoms with Crippen LogP contribution in [0.1, 0.15) is 18.7 Å². The lowest BCUT2D eigenvalue weighted by Crippen LogP contribution is -2.34. The Balaban J connectivity index is 2.47. The molecule has 0 fully saturated rings. The van der Waals surface area contributed by atoms with E-state index in [4.69, 9.17) is 5.11 Å². The smallest absolute Gasteiger partial charge is 0.307 e. The fraction of sp³-hybridized carbons (Fsp3) is 0.455. The quantitative estimate of drug-likeness (QED) is 0.876. The number of thiophene rings is 1. The van der Waals surface area contributed by atoms with Gasteiger partial charge in [0.15, 0.2) is 0 Å². The van der Waals surface area contributed by atoms with Gasteiger partial charge in [-0.15, -0.1) is 11.3 Å². The summed E-state index contributed by atoms with van der Waals surface area (Å²) in [6.07, 6.45) is 0. The zero-order chi connectivity index (χ0) is 13.0. The maximum atomic E-state index is 11.7. The number of carbonyl (C=O) groups excluding carboxylic acids is 1. The summed E-state index contributed by atoms with van der Waals surface area (Å²) >= 11 is 4.88. The molecule has 94 valence electrons. The molecule has 2 unspecified atom stereocenters. The average molecular weight is 320 g/mol. The summed E-state index contributed by atoms with van der Waals surface area (Å²) in [4.78, 5) is 23.5. The second kappa shape index (κ2) is 6.16. The topological polar surface area (TPSA) is 66.4 Å². The Hall–Kier alpha value is -0.880. The van der Waals surface area contributed by atoms with Crippen LogP contribution in [0.3, 0.4) is 0 Å². The van der Waals surface area contributed by atoms with Gasteiger partial charge in [-0.05, 0) is 28.1 Å². The zero-order valence-electron chi connectivity index (χ0n) is 9.57. The van der Waals surface area contributed by atoms with Crippen molar-refractivity contribution in [2.24, 2.45) is 11.8 Å². The van der Waals surface area contributed by atoms with Crippen LogP contribution >= 0.6 is 27.3 Å². The van der Waals surface area contributed by atoms with Crippen LogP contribution in [-0.4, -0.2) is 17.0 Å². The molecule has 0 saturated carbocycles. The monoisotopic (exact) mass is 319 g/mol. The molecule has 0 radical (unpaired) electrons. The first-order valence-electron chi connectivity index (χ1n) is 5.16. The number of aliphatic carboxylic acids is 1. The van der Waals surface area contributed by atoms with Gasteiger partial charge in [0.1, 0.15) is 0 Å². The van der Waals surface area contributed by atoms with E-state index in [1.165, 1.54) is 6.92 Å². The molecule has 0 aliphatic rings. The molecule has 1 amide bonds. The number of carboxylic acids is 1. The standard InChI is InChI=1S/C11H14BrNO3S/c1-6(7(2)11(15)16)10(14)13-5-8-3-4-9(12)17-8/h3-4,6-7H,5H2,1-2H3,(H,13,14)(H,15,16). The molecule has 0 spiro atoms. The molecule has 1 rings (SSSR count). The summed E-state index contributed by atoms with van der Waals surface area (Å²) in [6, 6.07) is 3.83. The van der Waals surface area contributed by atoms with Crippen molar-refractivity contribution in [2.45, 2.75) is 20.4 Å². The number of hydrogen-bond donors (Lipinski definition) is 2. The van der Waals surface area contributed by atoms with Crippen molar-refractivity contribution >= 4 is 39.1 Å². The summed E-state index contributed by atoms with van der Waals surface area (Å²) in [7, 11) is 0. The molecule has 0 saturated heterocycles. The van der Waals surface area contributed by atoms with Crippen molar-refractivity contribution in [1.29, 1.82) is 0 Å². The van der Waals surface area contributed by atoms with Crippen LogP contribution in [0.5, 0.6) is 0 Å². The van der Waals surface area contributed by atoms with Crippen LogP contribution in [0.4, 0.5) is 0 Å². The summed E-state index contributed by atoms with van der Waals surface area (Å²) in [5, 5.41) is 11.5. The van der Waals surface area contributed by atoms with Crippen molar-refractivity contribution < 1.29 is 14.7 Å². The van der Waals surface area contributed by atoms with Crippen LogP contribution in [0.15, 0.2) is 15.9 Å². The van der Waals surface area contributed by atoms with Crippen molar-refractivity contribution in [2.75, 3.05) is 0 Å². The first-order chi connectivity index (χ1) is 7.91. The maximum absolute atomic E-state index is 11.7. The van der Waals surface area contributed by atoms with Gasteiger partial charge in [0, 0.05) is 10.8 Å². The largest absolute Gasteiger partial charge is 0.481 e. The lowest BCUT2D eigenvalue weighted by molar-refractivity contribution is -0.146. The van der Waals surface area contributed by atoms with Gasteiger partial charge in [0.2, 0.25) is 5.91 Å². The highest BCUT2D eigenvalue weighted by atomic mass is 79.9. The van der Waals surface area contributed by atoms with Gasteiger partial charge in [-0.3, -0.25) is 9.59 Å². The number of halogens is 1. The van der Waals surface area contributed by atoms with Crippen molar-refractivity contribution in [1.82, 2.24) is 5.32 Å². The van der Waals surface area contributed by atoms with E-state index in [2.05, 4.69) is 21.2 Å². The third-order valence-electron chi connectivity index (χ3n) is 2.62. The second-order valence-corrected chi connectivity index (χ2v) is 6.39. The van der Waals surface area contributed by atoms with Gasteiger partial charge >= 0.3 is 5.97 Å². The maximum Gasteiger partial charge on any atom is 0.307 e. The minimum atomic E-state index is -0.952. The number of carbonyl (C=O) groups is 2. The fourth-order valence-electron chi connectivity index (χ4n) is 1.22. The normalized spacial score (nSPS) is 14.1. The Morgan fingerprint density at radius 1 is 1.41 bits per heavy atom. The fourth-order valence-corrected chi connectivity index (χ4v) is 2.65. The number of rotatable bonds is 5. The molecule has 0 bridgehead atoms. The van der Waals surface area contributed by atoms with E-state index in [1.807, 2.05) is 12.1 Å². The molecule has 0 aromatic carbocycles. The molecule has 4 nitrogen and oxygen atoms in total. The van der Waals surface area contributed by atoms with E-state index in [9.17, 15) is 9.59 Å². The SMILES string of the molecule is CC(C(=O)O)C(C)C(=O)NCc1ccc(Br)s1. The van der Waals surface area contributed by atoms with Crippen LogP contribution in [0, 0.1) is 11.8 Å². The Kier molecular flexibility index (Phi) is 5.14.